The maximum atomic E-state index is 12.4. The minimum Gasteiger partial charge on any atom is -0.375 e. The third-order valence-electron chi connectivity index (χ3n) is 3.68. The third kappa shape index (κ3) is 2.83. The number of anilines is 1. The number of carbonyl (C=O) groups is 2. The van der Waals surface area contributed by atoms with E-state index in [0.717, 1.165) is 0 Å². The van der Waals surface area contributed by atoms with Gasteiger partial charge in [-0.25, -0.2) is 0 Å². The van der Waals surface area contributed by atoms with Gasteiger partial charge in [0.05, 0.1) is 17.1 Å². The lowest BCUT2D eigenvalue weighted by atomic mass is 9.88. The zero-order valence-electron chi connectivity index (χ0n) is 11.6. The largest absolute Gasteiger partial charge is 0.375 e. The Morgan fingerprint density at radius 2 is 1.74 bits per heavy atom. The summed E-state index contributed by atoms with van der Waals surface area (Å²) in [4.78, 5) is 24.6. The maximum Gasteiger partial charge on any atom is 0.261 e. The van der Waals surface area contributed by atoms with E-state index in [4.69, 9.17) is 34.8 Å². The van der Waals surface area contributed by atoms with Crippen molar-refractivity contribution in [2.75, 3.05) is 5.32 Å². The summed E-state index contributed by atoms with van der Waals surface area (Å²) in [5.41, 5.74) is -1.22. The number of carbonyl (C=O) groups excluding carboxylic acids is 2. The van der Waals surface area contributed by atoms with Crippen LogP contribution in [0, 0.1) is 0 Å². The average Bonchev–Trinajstić information content (AvgIpc) is 2.70. The third-order valence-corrected chi connectivity index (χ3v) is 4.44. The van der Waals surface area contributed by atoms with Crippen molar-refractivity contribution in [1.29, 1.82) is 0 Å². The Labute approximate surface area is 147 Å². The van der Waals surface area contributed by atoms with Crippen molar-refractivity contribution in [1.82, 2.24) is 0 Å². The highest BCUT2D eigenvalue weighted by atomic mass is 35.5. The molecule has 1 atom stereocenters. The van der Waals surface area contributed by atoms with Crippen molar-refractivity contribution in [2.24, 2.45) is 0 Å². The van der Waals surface area contributed by atoms with E-state index in [0.29, 0.717) is 21.3 Å². The van der Waals surface area contributed by atoms with Crippen molar-refractivity contribution in [2.45, 2.75) is 12.0 Å². The second kappa shape index (κ2) is 5.80. The fourth-order valence-electron chi connectivity index (χ4n) is 2.57. The van der Waals surface area contributed by atoms with Crippen LogP contribution >= 0.6 is 34.8 Å². The molecule has 7 heteroatoms. The lowest BCUT2D eigenvalue weighted by molar-refractivity contribution is -0.133. The van der Waals surface area contributed by atoms with Gasteiger partial charge in [-0.05, 0) is 36.4 Å². The Kier molecular flexibility index (Phi) is 4.10. The highest BCUT2D eigenvalue weighted by Gasteiger charge is 2.48. The monoisotopic (exact) mass is 369 g/mol. The number of nitrogens with one attached hydrogen (secondary N) is 1. The number of amides is 1. The molecular weight excluding hydrogens is 361 g/mol. The highest BCUT2D eigenvalue weighted by Crippen LogP contribution is 2.44. The van der Waals surface area contributed by atoms with Crippen LogP contribution in [0.3, 0.4) is 0 Å². The molecule has 0 spiro atoms. The lowest BCUT2D eigenvalue weighted by Crippen LogP contribution is -2.36. The van der Waals surface area contributed by atoms with Crippen molar-refractivity contribution >= 4 is 52.2 Å². The minimum atomic E-state index is -2.03. The number of fused-ring (bicyclic) bond motifs is 1. The molecule has 1 amide bonds. The summed E-state index contributed by atoms with van der Waals surface area (Å²) in [5, 5.41) is 14.2. The zero-order chi connectivity index (χ0) is 16.8. The quantitative estimate of drug-likeness (QED) is 0.801. The standard InChI is InChI=1S/C16H10Cl3NO3/c17-9-3-1-8(2-4-9)13(21)7-16(23)14-11(19)5-10(18)6-12(14)20-15(16)22/h1-6,23H,7H2,(H,20,22). The first-order chi connectivity index (χ1) is 10.8. The second-order valence-electron chi connectivity index (χ2n) is 5.23. The Bertz CT molecular complexity index is 820. The number of hydrogen-bond acceptors (Lipinski definition) is 3. The predicted octanol–water partition coefficient (Wildman–Crippen LogP) is 4.06. The number of halogens is 3. The van der Waals surface area contributed by atoms with Gasteiger partial charge in [-0.15, -0.1) is 0 Å². The van der Waals surface area contributed by atoms with E-state index < -0.39 is 23.7 Å². The van der Waals surface area contributed by atoms with Crippen LogP contribution in [-0.4, -0.2) is 16.8 Å². The van der Waals surface area contributed by atoms with Gasteiger partial charge >= 0.3 is 0 Å². The molecule has 0 radical (unpaired) electrons. The van der Waals surface area contributed by atoms with Gasteiger partial charge in [0.1, 0.15) is 0 Å². The van der Waals surface area contributed by atoms with E-state index in [2.05, 4.69) is 5.32 Å². The smallest absolute Gasteiger partial charge is 0.261 e. The topological polar surface area (TPSA) is 66.4 Å². The van der Waals surface area contributed by atoms with Crippen LogP contribution in [-0.2, 0) is 10.4 Å². The van der Waals surface area contributed by atoms with Crippen LogP contribution in [0.4, 0.5) is 5.69 Å². The van der Waals surface area contributed by atoms with Crippen LogP contribution < -0.4 is 5.32 Å². The number of hydrogen-bond donors (Lipinski definition) is 2. The number of aliphatic hydroxyl groups is 1. The second-order valence-corrected chi connectivity index (χ2v) is 6.51. The maximum absolute atomic E-state index is 12.4. The Hall–Kier alpha value is -1.59. The molecule has 0 bridgehead atoms. The molecule has 3 rings (SSSR count). The molecule has 0 saturated carbocycles. The molecule has 1 unspecified atom stereocenters. The molecule has 118 valence electrons. The van der Waals surface area contributed by atoms with Crippen molar-refractivity contribution < 1.29 is 14.7 Å². The van der Waals surface area contributed by atoms with E-state index in [1.807, 2.05) is 0 Å². The van der Waals surface area contributed by atoms with Crippen LogP contribution in [0.15, 0.2) is 36.4 Å². The van der Waals surface area contributed by atoms with Gasteiger partial charge in [0, 0.05) is 21.2 Å². The molecule has 0 saturated heterocycles. The first kappa shape index (κ1) is 16.3. The molecule has 0 aromatic heterocycles. The summed E-state index contributed by atoms with van der Waals surface area (Å²) in [6.07, 6.45) is -0.436. The number of ketones is 1. The van der Waals surface area contributed by atoms with Crippen molar-refractivity contribution in [3.05, 3.63) is 62.6 Å². The first-order valence-electron chi connectivity index (χ1n) is 6.63. The fourth-order valence-corrected chi connectivity index (χ4v) is 3.35. The average molecular weight is 371 g/mol. The lowest BCUT2D eigenvalue weighted by Gasteiger charge is -2.21. The van der Waals surface area contributed by atoms with Crippen molar-refractivity contribution in [3.63, 3.8) is 0 Å². The SMILES string of the molecule is O=C(CC1(O)C(=O)Nc2cc(Cl)cc(Cl)c21)c1ccc(Cl)cc1. The molecule has 1 aliphatic rings. The summed E-state index contributed by atoms with van der Waals surface area (Å²) >= 11 is 17.8. The first-order valence-corrected chi connectivity index (χ1v) is 7.77. The van der Waals surface area contributed by atoms with Gasteiger partial charge in [-0.1, -0.05) is 34.8 Å². The van der Waals surface area contributed by atoms with Gasteiger partial charge in [0.25, 0.3) is 5.91 Å². The van der Waals surface area contributed by atoms with Crippen molar-refractivity contribution in [3.8, 4) is 0 Å². The van der Waals surface area contributed by atoms with E-state index in [1.54, 1.807) is 12.1 Å². The molecule has 2 aromatic rings. The summed E-state index contributed by atoms with van der Waals surface area (Å²) in [7, 11) is 0. The molecule has 0 fully saturated rings. The van der Waals surface area contributed by atoms with Crippen LogP contribution in [0.1, 0.15) is 22.3 Å². The van der Waals surface area contributed by atoms with Crippen LogP contribution in [0.25, 0.3) is 0 Å². The number of rotatable bonds is 3. The van der Waals surface area contributed by atoms with Crippen LogP contribution in [0.2, 0.25) is 15.1 Å². The predicted molar refractivity (Wildman–Crippen MR) is 89.4 cm³/mol. The Balaban J connectivity index is 1.98. The molecular formula is C16H10Cl3NO3. The minimum absolute atomic E-state index is 0.122. The highest BCUT2D eigenvalue weighted by molar-refractivity contribution is 6.36. The van der Waals surface area contributed by atoms with E-state index in [-0.39, 0.29) is 10.6 Å². The summed E-state index contributed by atoms with van der Waals surface area (Å²) < 4.78 is 0. The molecule has 4 nitrogen and oxygen atoms in total. The number of Topliss-reactive ketones (excluding diaryl/α,β-unsaturated/α-hetero) is 1. The van der Waals surface area contributed by atoms with Gasteiger partial charge in [0.15, 0.2) is 11.4 Å². The summed E-state index contributed by atoms with van der Waals surface area (Å²) in [5.74, 6) is -1.11. The van der Waals surface area contributed by atoms with Gasteiger partial charge in [0.2, 0.25) is 0 Å². The van der Waals surface area contributed by atoms with E-state index in [1.165, 1.54) is 24.3 Å². The van der Waals surface area contributed by atoms with Crippen LogP contribution in [0.5, 0.6) is 0 Å². The molecule has 2 N–H and O–H groups in total. The Morgan fingerprint density at radius 1 is 1.09 bits per heavy atom. The van der Waals surface area contributed by atoms with Gasteiger partial charge in [-0.2, -0.15) is 0 Å². The fraction of sp³-hybridized carbons (Fsp3) is 0.125. The molecule has 2 aromatic carbocycles. The molecule has 1 aliphatic heterocycles. The van der Waals surface area contributed by atoms with E-state index >= 15 is 0 Å². The number of benzene rings is 2. The summed E-state index contributed by atoms with van der Waals surface area (Å²) in [6, 6.07) is 9.09. The summed E-state index contributed by atoms with van der Waals surface area (Å²) in [6.45, 7) is 0. The van der Waals surface area contributed by atoms with Gasteiger partial charge in [-0.3, -0.25) is 9.59 Å². The normalized spacial score (nSPS) is 19.4. The van der Waals surface area contributed by atoms with E-state index in [9.17, 15) is 14.7 Å². The molecule has 0 aliphatic carbocycles. The van der Waals surface area contributed by atoms with Gasteiger partial charge < -0.3 is 10.4 Å². The molecule has 23 heavy (non-hydrogen) atoms. The molecule has 1 heterocycles. The Morgan fingerprint density at radius 3 is 2.39 bits per heavy atom. The zero-order valence-corrected chi connectivity index (χ0v) is 13.8.